The van der Waals surface area contributed by atoms with Gasteiger partial charge in [-0.2, -0.15) is 5.10 Å². The van der Waals surface area contributed by atoms with Crippen molar-refractivity contribution in [3.63, 3.8) is 0 Å². The van der Waals surface area contributed by atoms with Gasteiger partial charge in [0.15, 0.2) is 0 Å². The van der Waals surface area contributed by atoms with Crippen molar-refractivity contribution in [2.24, 2.45) is 0 Å². The first-order chi connectivity index (χ1) is 14.5. The predicted octanol–water partition coefficient (Wildman–Crippen LogP) is 4.17. The molecule has 2 amide bonds. The summed E-state index contributed by atoms with van der Waals surface area (Å²) >= 11 is 3.55. The number of anilines is 1. The molecule has 7 heteroatoms. The Labute approximate surface area is 184 Å². The van der Waals surface area contributed by atoms with Crippen LogP contribution in [0.3, 0.4) is 0 Å². The van der Waals surface area contributed by atoms with Crippen LogP contribution < -0.4 is 5.32 Å². The first kappa shape index (κ1) is 20.3. The second-order valence-corrected chi connectivity index (χ2v) is 8.25. The van der Waals surface area contributed by atoms with Crippen molar-refractivity contribution >= 4 is 33.6 Å². The van der Waals surface area contributed by atoms with Crippen molar-refractivity contribution in [1.82, 2.24) is 14.7 Å². The van der Waals surface area contributed by atoms with Gasteiger partial charge in [-0.25, -0.2) is 4.68 Å². The maximum absolute atomic E-state index is 12.9. The fourth-order valence-electron chi connectivity index (χ4n) is 3.97. The van der Waals surface area contributed by atoms with E-state index in [-0.39, 0.29) is 24.3 Å². The molecule has 0 spiro atoms. The van der Waals surface area contributed by atoms with Crippen molar-refractivity contribution in [3.8, 4) is 0 Å². The number of hydrogen-bond donors (Lipinski definition) is 1. The van der Waals surface area contributed by atoms with E-state index in [4.69, 9.17) is 0 Å². The zero-order chi connectivity index (χ0) is 21.1. The lowest BCUT2D eigenvalue weighted by Gasteiger charge is -2.36. The Kier molecular flexibility index (Phi) is 5.99. The number of aromatic nitrogens is 2. The molecule has 0 aliphatic carbocycles. The highest BCUT2D eigenvalue weighted by Crippen LogP contribution is 2.32. The summed E-state index contributed by atoms with van der Waals surface area (Å²) in [5.41, 5.74) is 3.32. The highest BCUT2D eigenvalue weighted by atomic mass is 79.9. The molecule has 3 aromatic rings. The summed E-state index contributed by atoms with van der Waals surface area (Å²) in [5.74, 6) is 0.479. The number of carbonyl (C=O) groups is 2. The molecular formula is C23H23BrN4O2. The van der Waals surface area contributed by atoms with E-state index in [0.717, 1.165) is 22.0 Å². The second kappa shape index (κ2) is 8.83. The topological polar surface area (TPSA) is 67.2 Å². The molecule has 6 nitrogen and oxygen atoms in total. The van der Waals surface area contributed by atoms with E-state index in [1.54, 1.807) is 28.8 Å². The molecule has 154 valence electrons. The van der Waals surface area contributed by atoms with Crippen molar-refractivity contribution < 1.29 is 9.59 Å². The van der Waals surface area contributed by atoms with Crippen molar-refractivity contribution in [2.45, 2.75) is 32.4 Å². The van der Waals surface area contributed by atoms with Crippen LogP contribution >= 0.6 is 15.9 Å². The molecule has 1 unspecified atom stereocenters. The Morgan fingerprint density at radius 2 is 1.90 bits per heavy atom. The van der Waals surface area contributed by atoms with Crippen LogP contribution in [0.15, 0.2) is 65.3 Å². The van der Waals surface area contributed by atoms with Gasteiger partial charge in [-0.05, 0) is 29.2 Å². The predicted molar refractivity (Wildman–Crippen MR) is 119 cm³/mol. The largest absolute Gasteiger partial charge is 0.335 e. The lowest BCUT2D eigenvalue weighted by Crippen LogP contribution is -2.40. The number of nitrogens with zero attached hydrogens (tertiary/aromatic N) is 3. The summed E-state index contributed by atoms with van der Waals surface area (Å²) in [4.78, 5) is 26.9. The maximum atomic E-state index is 12.9. The molecule has 0 saturated heterocycles. The third-order valence-corrected chi connectivity index (χ3v) is 6.23. The van der Waals surface area contributed by atoms with Crippen LogP contribution in [-0.2, 0) is 22.6 Å². The average Bonchev–Trinajstić information content (AvgIpc) is 3.16. The van der Waals surface area contributed by atoms with Crippen molar-refractivity contribution in [3.05, 3.63) is 82.0 Å². The first-order valence-electron chi connectivity index (χ1n) is 9.93. The molecule has 1 aliphatic rings. The zero-order valence-electron chi connectivity index (χ0n) is 16.7. The highest BCUT2D eigenvalue weighted by molar-refractivity contribution is 9.10. The molecule has 1 N–H and O–H groups in total. The molecule has 0 saturated carbocycles. The highest BCUT2D eigenvalue weighted by Gasteiger charge is 2.30. The Morgan fingerprint density at radius 1 is 1.13 bits per heavy atom. The molecule has 1 aliphatic heterocycles. The molecule has 1 atom stereocenters. The van der Waals surface area contributed by atoms with E-state index < -0.39 is 0 Å². The van der Waals surface area contributed by atoms with Gasteiger partial charge in [-0.1, -0.05) is 58.4 Å². The minimum Gasteiger partial charge on any atom is -0.335 e. The molecule has 0 radical (unpaired) electrons. The number of benzene rings is 2. The summed E-state index contributed by atoms with van der Waals surface area (Å²) in [5, 5.41) is 7.32. The number of carbonyl (C=O) groups excluding carboxylic acids is 2. The monoisotopic (exact) mass is 466 g/mol. The third kappa shape index (κ3) is 4.31. The summed E-state index contributed by atoms with van der Waals surface area (Å²) in [7, 11) is 0. The van der Waals surface area contributed by atoms with Crippen LogP contribution in [0.5, 0.6) is 0 Å². The molecule has 1 aromatic heterocycles. The fourth-order valence-corrected chi connectivity index (χ4v) is 4.38. The number of rotatable bonds is 5. The van der Waals surface area contributed by atoms with E-state index >= 15 is 0 Å². The average molecular weight is 467 g/mol. The van der Waals surface area contributed by atoms with Gasteiger partial charge in [0.1, 0.15) is 5.82 Å². The minimum atomic E-state index is -0.257. The van der Waals surface area contributed by atoms with Crippen LogP contribution in [0.1, 0.15) is 36.1 Å². The van der Waals surface area contributed by atoms with Crippen molar-refractivity contribution in [1.29, 1.82) is 0 Å². The summed E-state index contributed by atoms with van der Waals surface area (Å²) in [6, 6.07) is 17.5. The van der Waals surface area contributed by atoms with Crippen LogP contribution in [0.25, 0.3) is 0 Å². The Morgan fingerprint density at radius 3 is 2.70 bits per heavy atom. The van der Waals surface area contributed by atoms with Gasteiger partial charge >= 0.3 is 0 Å². The Bertz CT molecular complexity index is 1080. The van der Waals surface area contributed by atoms with Gasteiger partial charge in [0.25, 0.3) is 0 Å². The number of fused-ring (bicyclic) bond motifs is 1. The maximum Gasteiger partial charge on any atom is 0.227 e. The summed E-state index contributed by atoms with van der Waals surface area (Å²) < 4.78 is 2.75. The number of nitrogens with one attached hydrogen (secondary N) is 1. The van der Waals surface area contributed by atoms with Gasteiger partial charge in [-0.3, -0.25) is 9.59 Å². The minimum absolute atomic E-state index is 0.0127. The van der Waals surface area contributed by atoms with Crippen LogP contribution in [0.4, 0.5) is 5.82 Å². The Hall–Kier alpha value is -2.93. The molecule has 2 aromatic carbocycles. The molecule has 4 rings (SSSR count). The molecule has 2 heterocycles. The second-order valence-electron chi connectivity index (χ2n) is 7.39. The standard InChI is InChI=1S/C23H23BrN4O2/c1-16(29)27-13-11-17-6-2-4-8-19(17)21(27)14-23(30)26-22-10-12-25-28(22)15-18-7-3-5-9-20(18)24/h2-10,12,21H,11,13-15H2,1H3,(H,26,30). The fraction of sp³-hybridized carbons (Fsp3) is 0.261. The third-order valence-electron chi connectivity index (χ3n) is 5.46. The summed E-state index contributed by atoms with van der Waals surface area (Å²) in [6.45, 7) is 2.73. The van der Waals surface area contributed by atoms with E-state index in [0.29, 0.717) is 18.9 Å². The SMILES string of the molecule is CC(=O)N1CCc2ccccc2C1CC(=O)Nc1ccnn1Cc1ccccc1Br. The number of amides is 2. The molecular weight excluding hydrogens is 444 g/mol. The zero-order valence-corrected chi connectivity index (χ0v) is 18.3. The van der Waals surface area contributed by atoms with Gasteiger partial charge < -0.3 is 10.2 Å². The number of halogens is 1. The molecule has 0 bridgehead atoms. The lowest BCUT2D eigenvalue weighted by atomic mass is 9.90. The van der Waals surface area contributed by atoms with Gasteiger partial charge in [-0.15, -0.1) is 0 Å². The van der Waals surface area contributed by atoms with E-state index in [1.165, 1.54) is 5.56 Å². The normalized spacial score (nSPS) is 15.5. The molecule has 30 heavy (non-hydrogen) atoms. The first-order valence-corrected chi connectivity index (χ1v) is 10.7. The van der Waals surface area contributed by atoms with Gasteiger partial charge in [0, 0.05) is 24.0 Å². The van der Waals surface area contributed by atoms with E-state index in [2.05, 4.69) is 32.4 Å². The Balaban J connectivity index is 1.51. The van der Waals surface area contributed by atoms with Crippen LogP contribution in [0, 0.1) is 0 Å². The van der Waals surface area contributed by atoms with Crippen molar-refractivity contribution in [2.75, 3.05) is 11.9 Å². The quantitative estimate of drug-likeness (QED) is 0.613. The van der Waals surface area contributed by atoms with Crippen LogP contribution in [-0.4, -0.2) is 33.0 Å². The lowest BCUT2D eigenvalue weighted by molar-refractivity contribution is -0.132. The number of hydrogen-bond acceptors (Lipinski definition) is 3. The summed E-state index contributed by atoms with van der Waals surface area (Å²) in [6.07, 6.45) is 2.69. The smallest absolute Gasteiger partial charge is 0.227 e. The van der Waals surface area contributed by atoms with E-state index in [9.17, 15) is 9.59 Å². The van der Waals surface area contributed by atoms with E-state index in [1.807, 2.05) is 42.5 Å². The van der Waals surface area contributed by atoms with Crippen LogP contribution in [0.2, 0.25) is 0 Å². The molecule has 0 fully saturated rings. The van der Waals surface area contributed by atoms with Gasteiger partial charge in [0.05, 0.1) is 25.2 Å². The van der Waals surface area contributed by atoms with Gasteiger partial charge in [0.2, 0.25) is 11.8 Å².